The van der Waals surface area contributed by atoms with Crippen LogP contribution >= 0.6 is 31.9 Å². The van der Waals surface area contributed by atoms with Crippen molar-refractivity contribution >= 4 is 31.9 Å². The Bertz CT molecular complexity index is 588. The topological polar surface area (TPSA) is 12.0 Å². The summed E-state index contributed by atoms with van der Waals surface area (Å²) in [6, 6.07) is 9.52. The first-order valence-corrected chi connectivity index (χ1v) is 7.23. The van der Waals surface area contributed by atoms with Gasteiger partial charge in [0.05, 0.1) is 4.47 Å². The molecule has 0 heterocycles. The smallest absolute Gasteiger partial charge is 0.137 e. The Morgan fingerprint density at radius 3 is 2.37 bits per heavy atom. The van der Waals surface area contributed by atoms with Gasteiger partial charge in [0.25, 0.3) is 0 Å². The van der Waals surface area contributed by atoms with Crippen LogP contribution in [0.3, 0.4) is 0 Å². The van der Waals surface area contributed by atoms with Gasteiger partial charge >= 0.3 is 0 Å². The molecule has 19 heavy (non-hydrogen) atoms. The molecule has 0 aromatic heterocycles. The molecule has 0 spiro atoms. The molecule has 0 aliphatic rings. The summed E-state index contributed by atoms with van der Waals surface area (Å²) < 4.78 is 27.7. The molecule has 0 aliphatic heterocycles. The molecule has 2 aromatic rings. The fourth-order valence-corrected chi connectivity index (χ4v) is 2.30. The molecule has 100 valence electrons. The number of hydrogen-bond donors (Lipinski definition) is 1. The Morgan fingerprint density at radius 2 is 1.63 bits per heavy atom. The Balaban J connectivity index is 1.96. The molecule has 0 amide bonds. The molecular weight excluding hydrogens is 380 g/mol. The molecule has 0 saturated heterocycles. The molecule has 2 rings (SSSR count). The zero-order valence-corrected chi connectivity index (χ0v) is 13.1. The Morgan fingerprint density at radius 1 is 0.895 bits per heavy atom. The van der Waals surface area contributed by atoms with E-state index in [1.54, 1.807) is 12.1 Å². The molecule has 0 aliphatic carbocycles. The molecule has 0 fully saturated rings. The average Bonchev–Trinajstić information content (AvgIpc) is 2.38. The standard InChI is InChI=1S/C14H11Br2F2N/c15-12-4-2-11(17)6-10(12)8-19-7-9-1-3-13(16)14(18)5-9/h1-6,19H,7-8H2. The minimum Gasteiger partial charge on any atom is -0.309 e. The minimum absolute atomic E-state index is 0.269. The quantitative estimate of drug-likeness (QED) is 0.792. The molecule has 1 nitrogen and oxygen atoms in total. The van der Waals surface area contributed by atoms with Gasteiger partial charge in [-0.05, 0) is 57.4 Å². The van der Waals surface area contributed by atoms with Gasteiger partial charge < -0.3 is 5.32 Å². The summed E-state index contributed by atoms with van der Waals surface area (Å²) in [6.45, 7) is 1.03. The van der Waals surface area contributed by atoms with E-state index >= 15 is 0 Å². The second-order valence-electron chi connectivity index (χ2n) is 4.09. The Kier molecular flexibility index (Phi) is 5.07. The molecule has 0 saturated carbocycles. The van der Waals surface area contributed by atoms with Gasteiger partial charge in [0.2, 0.25) is 0 Å². The lowest BCUT2D eigenvalue weighted by molar-refractivity contribution is 0.611. The van der Waals surface area contributed by atoms with Crippen LogP contribution in [0.4, 0.5) is 8.78 Å². The van der Waals surface area contributed by atoms with E-state index in [4.69, 9.17) is 0 Å². The van der Waals surface area contributed by atoms with Gasteiger partial charge in [-0.3, -0.25) is 0 Å². The molecule has 0 radical (unpaired) electrons. The van der Waals surface area contributed by atoms with Gasteiger partial charge in [0.1, 0.15) is 11.6 Å². The zero-order valence-electron chi connectivity index (χ0n) is 9.89. The van der Waals surface area contributed by atoms with Crippen molar-refractivity contribution in [3.63, 3.8) is 0 Å². The Labute approximate surface area is 127 Å². The van der Waals surface area contributed by atoms with E-state index in [1.165, 1.54) is 18.2 Å². The van der Waals surface area contributed by atoms with Crippen molar-refractivity contribution in [3.8, 4) is 0 Å². The van der Waals surface area contributed by atoms with Crippen molar-refractivity contribution in [2.75, 3.05) is 0 Å². The van der Waals surface area contributed by atoms with Crippen LogP contribution in [-0.4, -0.2) is 0 Å². The molecule has 5 heteroatoms. The number of hydrogen-bond acceptors (Lipinski definition) is 1. The van der Waals surface area contributed by atoms with E-state index in [1.807, 2.05) is 6.07 Å². The second kappa shape index (κ2) is 6.59. The van der Waals surface area contributed by atoms with Crippen molar-refractivity contribution < 1.29 is 8.78 Å². The van der Waals surface area contributed by atoms with Crippen molar-refractivity contribution in [1.82, 2.24) is 5.32 Å². The Hall–Kier alpha value is -0.780. The highest BCUT2D eigenvalue weighted by Gasteiger charge is 2.03. The van der Waals surface area contributed by atoms with Crippen LogP contribution in [0.25, 0.3) is 0 Å². The van der Waals surface area contributed by atoms with Crippen molar-refractivity contribution in [2.45, 2.75) is 13.1 Å². The van der Waals surface area contributed by atoms with E-state index in [-0.39, 0.29) is 11.6 Å². The largest absolute Gasteiger partial charge is 0.309 e. The van der Waals surface area contributed by atoms with E-state index in [9.17, 15) is 8.78 Å². The minimum atomic E-state index is -0.286. The predicted molar refractivity (Wildman–Crippen MR) is 78.7 cm³/mol. The van der Waals surface area contributed by atoms with Gasteiger partial charge in [0.15, 0.2) is 0 Å². The third-order valence-electron chi connectivity index (χ3n) is 2.64. The molecule has 2 aromatic carbocycles. The highest BCUT2D eigenvalue weighted by molar-refractivity contribution is 9.10. The maximum absolute atomic E-state index is 13.3. The molecular formula is C14H11Br2F2N. The fraction of sp³-hybridized carbons (Fsp3) is 0.143. The lowest BCUT2D eigenvalue weighted by atomic mass is 10.2. The molecule has 1 N–H and O–H groups in total. The SMILES string of the molecule is Fc1ccc(Br)c(CNCc2ccc(Br)c(F)c2)c1. The average molecular weight is 391 g/mol. The summed E-state index contributed by atoms with van der Waals surface area (Å²) >= 11 is 6.47. The molecule has 0 bridgehead atoms. The number of benzene rings is 2. The molecule has 0 atom stereocenters. The van der Waals surface area contributed by atoms with Gasteiger partial charge in [-0.25, -0.2) is 8.78 Å². The zero-order chi connectivity index (χ0) is 13.8. The second-order valence-corrected chi connectivity index (χ2v) is 5.80. The van der Waals surface area contributed by atoms with Gasteiger partial charge in [-0.1, -0.05) is 22.0 Å². The monoisotopic (exact) mass is 389 g/mol. The van der Waals surface area contributed by atoms with Gasteiger partial charge in [-0.15, -0.1) is 0 Å². The number of rotatable bonds is 4. The summed E-state index contributed by atoms with van der Waals surface area (Å²) in [6.07, 6.45) is 0. The van der Waals surface area contributed by atoms with E-state index in [2.05, 4.69) is 37.2 Å². The van der Waals surface area contributed by atoms with Crippen LogP contribution in [0.1, 0.15) is 11.1 Å². The van der Waals surface area contributed by atoms with Crippen LogP contribution in [0, 0.1) is 11.6 Å². The predicted octanol–water partition coefficient (Wildman–Crippen LogP) is 4.78. The summed E-state index contributed by atoms with van der Waals surface area (Å²) in [5.41, 5.74) is 1.67. The van der Waals surface area contributed by atoms with Crippen molar-refractivity contribution in [3.05, 3.63) is 68.1 Å². The van der Waals surface area contributed by atoms with Crippen LogP contribution in [-0.2, 0) is 13.1 Å². The van der Waals surface area contributed by atoms with E-state index < -0.39 is 0 Å². The van der Waals surface area contributed by atoms with Crippen LogP contribution in [0.2, 0.25) is 0 Å². The first-order valence-electron chi connectivity index (χ1n) is 5.65. The summed E-state index contributed by atoms with van der Waals surface area (Å²) in [7, 11) is 0. The van der Waals surface area contributed by atoms with Crippen LogP contribution in [0.5, 0.6) is 0 Å². The van der Waals surface area contributed by atoms with Crippen molar-refractivity contribution in [2.24, 2.45) is 0 Å². The first-order chi connectivity index (χ1) is 9.06. The maximum Gasteiger partial charge on any atom is 0.137 e. The third kappa shape index (κ3) is 4.09. The maximum atomic E-state index is 13.3. The van der Waals surface area contributed by atoms with Crippen LogP contribution in [0.15, 0.2) is 45.3 Å². The lowest BCUT2D eigenvalue weighted by Gasteiger charge is -2.08. The molecule has 0 unspecified atom stereocenters. The fourth-order valence-electron chi connectivity index (χ4n) is 1.67. The summed E-state index contributed by atoms with van der Waals surface area (Å²) in [5, 5.41) is 3.15. The van der Waals surface area contributed by atoms with Crippen LogP contribution < -0.4 is 5.32 Å². The summed E-state index contributed by atoms with van der Waals surface area (Å²) in [5.74, 6) is -0.555. The van der Waals surface area contributed by atoms with Crippen molar-refractivity contribution in [1.29, 1.82) is 0 Å². The highest BCUT2D eigenvalue weighted by Crippen LogP contribution is 2.18. The normalized spacial score (nSPS) is 10.7. The summed E-state index contributed by atoms with van der Waals surface area (Å²) in [4.78, 5) is 0. The third-order valence-corrected chi connectivity index (χ3v) is 4.05. The van der Waals surface area contributed by atoms with Gasteiger partial charge in [0, 0.05) is 17.6 Å². The first kappa shape index (κ1) is 14.6. The van der Waals surface area contributed by atoms with E-state index in [0.717, 1.165) is 15.6 Å². The van der Waals surface area contributed by atoms with Gasteiger partial charge in [-0.2, -0.15) is 0 Å². The van der Waals surface area contributed by atoms with E-state index in [0.29, 0.717) is 17.6 Å². The lowest BCUT2D eigenvalue weighted by Crippen LogP contribution is -2.13. The highest BCUT2D eigenvalue weighted by atomic mass is 79.9. The number of nitrogens with one attached hydrogen (secondary N) is 1. The number of halogens is 4.